The third-order valence-electron chi connectivity index (χ3n) is 2.92. The molecular weight excluding hydrogens is 212 g/mol. The van der Waals surface area contributed by atoms with E-state index in [-0.39, 0.29) is 11.9 Å². The number of aliphatic hydroxyl groups excluding tert-OH is 3. The largest absolute Gasteiger partial charge is 0.394 e. The van der Waals surface area contributed by atoms with Crippen molar-refractivity contribution in [3.8, 4) is 0 Å². The number of aliphatic hydroxyl groups is 3. The van der Waals surface area contributed by atoms with Crippen molar-refractivity contribution in [2.24, 2.45) is 0 Å². The molecule has 1 aliphatic rings. The van der Waals surface area contributed by atoms with Gasteiger partial charge in [0.15, 0.2) is 0 Å². The summed E-state index contributed by atoms with van der Waals surface area (Å²) in [5, 5.41) is 32.8. The highest BCUT2D eigenvalue weighted by molar-refractivity contribution is 5.82. The molecule has 1 fully saturated rings. The molecule has 0 unspecified atom stereocenters. The third-order valence-corrected chi connectivity index (χ3v) is 2.92. The summed E-state index contributed by atoms with van der Waals surface area (Å²) in [7, 11) is 0. The number of hydrogen-bond acceptors (Lipinski definition) is 5. The summed E-state index contributed by atoms with van der Waals surface area (Å²) in [6, 6.07) is -0.294. The highest BCUT2D eigenvalue weighted by Crippen LogP contribution is 2.09. The summed E-state index contributed by atoms with van der Waals surface area (Å²) in [6.45, 7) is -0.669. The number of carbonyl (C=O) groups is 1. The minimum absolute atomic E-state index is 0.281. The van der Waals surface area contributed by atoms with E-state index in [0.29, 0.717) is 0 Å². The normalized spacial score (nSPS) is 21.8. The van der Waals surface area contributed by atoms with Gasteiger partial charge in [0.2, 0.25) is 5.91 Å². The zero-order valence-corrected chi connectivity index (χ0v) is 9.28. The van der Waals surface area contributed by atoms with Crippen molar-refractivity contribution in [2.45, 2.75) is 30.8 Å². The molecule has 0 bridgehead atoms. The van der Waals surface area contributed by atoms with Gasteiger partial charge in [-0.2, -0.15) is 0 Å². The maximum Gasteiger partial charge on any atom is 0.237 e. The number of rotatable bonds is 5. The summed E-state index contributed by atoms with van der Waals surface area (Å²) < 4.78 is 0. The second-order valence-corrected chi connectivity index (χ2v) is 4.25. The van der Waals surface area contributed by atoms with Crippen LogP contribution in [0.15, 0.2) is 0 Å². The van der Waals surface area contributed by atoms with Crippen LogP contribution in [0, 0.1) is 0 Å². The van der Waals surface area contributed by atoms with Crippen LogP contribution < -0.4 is 10.6 Å². The Morgan fingerprint density at radius 1 is 1.25 bits per heavy atom. The van der Waals surface area contributed by atoms with E-state index in [1.807, 2.05) is 0 Å². The van der Waals surface area contributed by atoms with Crippen molar-refractivity contribution in [1.29, 1.82) is 0 Å². The van der Waals surface area contributed by atoms with Gasteiger partial charge in [-0.15, -0.1) is 0 Å². The number of carbonyl (C=O) groups excluding carboxylic acids is 1. The lowest BCUT2D eigenvalue weighted by Crippen LogP contribution is -2.61. The van der Waals surface area contributed by atoms with Crippen LogP contribution in [-0.2, 0) is 4.79 Å². The Kier molecular flexibility index (Phi) is 5.14. The first-order valence-corrected chi connectivity index (χ1v) is 5.55. The Labute approximate surface area is 94.7 Å². The zero-order valence-electron chi connectivity index (χ0n) is 9.28. The molecule has 1 saturated heterocycles. The lowest BCUT2D eigenvalue weighted by atomic mass is 10.00. The standard InChI is InChI=1S/C10H20N2O4/c13-5-10(6-14,7-15)12-9(16)8-3-1-2-4-11-8/h8,11,13-15H,1-7H2,(H,12,16)/t8-/m0/s1. The minimum atomic E-state index is -1.32. The molecule has 1 atom stereocenters. The summed E-state index contributed by atoms with van der Waals surface area (Å²) in [5.74, 6) is -0.281. The molecule has 0 aromatic carbocycles. The Bertz CT molecular complexity index is 217. The molecular formula is C10H20N2O4. The summed E-state index contributed by atoms with van der Waals surface area (Å²) in [5.41, 5.74) is -1.32. The van der Waals surface area contributed by atoms with Crippen LogP contribution in [-0.4, -0.2) is 59.2 Å². The molecule has 6 nitrogen and oxygen atoms in total. The molecule has 5 N–H and O–H groups in total. The van der Waals surface area contributed by atoms with E-state index in [0.717, 1.165) is 25.8 Å². The molecule has 6 heteroatoms. The van der Waals surface area contributed by atoms with Gasteiger partial charge in [0.25, 0.3) is 0 Å². The van der Waals surface area contributed by atoms with Crippen LogP contribution in [0.2, 0.25) is 0 Å². The van der Waals surface area contributed by atoms with Gasteiger partial charge in [0.1, 0.15) is 5.54 Å². The molecule has 1 rings (SSSR count). The molecule has 0 spiro atoms. The van der Waals surface area contributed by atoms with Crippen molar-refractivity contribution in [2.75, 3.05) is 26.4 Å². The van der Waals surface area contributed by atoms with Gasteiger partial charge in [0, 0.05) is 0 Å². The predicted molar refractivity (Wildman–Crippen MR) is 57.8 cm³/mol. The fourth-order valence-corrected chi connectivity index (χ4v) is 1.69. The highest BCUT2D eigenvalue weighted by Gasteiger charge is 2.32. The molecule has 1 heterocycles. The quantitative estimate of drug-likeness (QED) is 0.376. The lowest BCUT2D eigenvalue weighted by Gasteiger charge is -2.32. The van der Waals surface area contributed by atoms with Crippen LogP contribution in [0.25, 0.3) is 0 Å². The highest BCUT2D eigenvalue weighted by atomic mass is 16.3. The van der Waals surface area contributed by atoms with E-state index in [1.165, 1.54) is 0 Å². The molecule has 16 heavy (non-hydrogen) atoms. The van der Waals surface area contributed by atoms with Crippen molar-refractivity contribution >= 4 is 5.91 Å². The van der Waals surface area contributed by atoms with Crippen molar-refractivity contribution in [1.82, 2.24) is 10.6 Å². The van der Waals surface area contributed by atoms with Crippen molar-refractivity contribution in [3.63, 3.8) is 0 Å². The van der Waals surface area contributed by atoms with Gasteiger partial charge in [-0.3, -0.25) is 4.79 Å². The second kappa shape index (κ2) is 6.15. The number of hydrogen-bond donors (Lipinski definition) is 5. The maximum absolute atomic E-state index is 11.8. The fraction of sp³-hybridized carbons (Fsp3) is 0.900. The van der Waals surface area contributed by atoms with E-state index >= 15 is 0 Å². The first-order valence-electron chi connectivity index (χ1n) is 5.55. The molecule has 0 aromatic heterocycles. The van der Waals surface area contributed by atoms with Gasteiger partial charge >= 0.3 is 0 Å². The van der Waals surface area contributed by atoms with Crippen LogP contribution >= 0.6 is 0 Å². The maximum atomic E-state index is 11.8. The third kappa shape index (κ3) is 3.15. The topological polar surface area (TPSA) is 102 Å². The van der Waals surface area contributed by atoms with Crippen LogP contribution in [0.5, 0.6) is 0 Å². The van der Waals surface area contributed by atoms with Gasteiger partial charge in [-0.1, -0.05) is 6.42 Å². The van der Waals surface area contributed by atoms with Crippen molar-refractivity contribution < 1.29 is 20.1 Å². The molecule has 1 amide bonds. The summed E-state index contributed by atoms with van der Waals surface area (Å²) in [4.78, 5) is 11.8. The zero-order chi connectivity index (χ0) is 12.0. The molecule has 94 valence electrons. The first-order chi connectivity index (χ1) is 7.67. The first kappa shape index (κ1) is 13.4. The molecule has 0 aromatic rings. The SMILES string of the molecule is O=C(NC(CO)(CO)CO)[C@@H]1CCCCN1. The Morgan fingerprint density at radius 3 is 2.31 bits per heavy atom. The van der Waals surface area contributed by atoms with E-state index in [9.17, 15) is 4.79 Å². The Morgan fingerprint density at radius 2 is 1.88 bits per heavy atom. The average Bonchev–Trinajstić information content (AvgIpc) is 2.37. The Balaban J connectivity index is 2.53. The Hall–Kier alpha value is -0.690. The number of amides is 1. The van der Waals surface area contributed by atoms with E-state index in [1.54, 1.807) is 0 Å². The predicted octanol–water partition coefficient (Wildman–Crippen LogP) is -2.04. The van der Waals surface area contributed by atoms with Gasteiger partial charge in [0.05, 0.1) is 25.9 Å². The van der Waals surface area contributed by atoms with Crippen LogP contribution in [0.3, 0.4) is 0 Å². The summed E-state index contributed by atoms with van der Waals surface area (Å²) >= 11 is 0. The lowest BCUT2D eigenvalue weighted by molar-refractivity contribution is -0.128. The van der Waals surface area contributed by atoms with Crippen LogP contribution in [0.1, 0.15) is 19.3 Å². The van der Waals surface area contributed by atoms with Crippen molar-refractivity contribution in [3.05, 3.63) is 0 Å². The molecule has 0 aliphatic carbocycles. The smallest absolute Gasteiger partial charge is 0.237 e. The molecule has 0 saturated carbocycles. The van der Waals surface area contributed by atoms with Gasteiger partial charge < -0.3 is 26.0 Å². The molecule has 0 radical (unpaired) electrons. The van der Waals surface area contributed by atoms with Crippen LogP contribution in [0.4, 0.5) is 0 Å². The van der Waals surface area contributed by atoms with Gasteiger partial charge in [-0.25, -0.2) is 0 Å². The molecule has 1 aliphatic heterocycles. The second-order valence-electron chi connectivity index (χ2n) is 4.25. The average molecular weight is 232 g/mol. The monoisotopic (exact) mass is 232 g/mol. The number of piperidine rings is 1. The fourth-order valence-electron chi connectivity index (χ4n) is 1.69. The number of nitrogens with one attached hydrogen (secondary N) is 2. The van der Waals surface area contributed by atoms with E-state index < -0.39 is 25.4 Å². The van der Waals surface area contributed by atoms with E-state index in [4.69, 9.17) is 15.3 Å². The van der Waals surface area contributed by atoms with Gasteiger partial charge in [-0.05, 0) is 19.4 Å². The minimum Gasteiger partial charge on any atom is -0.394 e. The summed E-state index contributed by atoms with van der Waals surface area (Å²) in [6.07, 6.45) is 2.77. The van der Waals surface area contributed by atoms with E-state index in [2.05, 4.69) is 10.6 Å².